The highest BCUT2D eigenvalue weighted by molar-refractivity contribution is 7.99. The molecule has 178 valence electrons. The standard InChI is InChI=1S/C22H20F2N4O3S3/c1-13(29)25-14-6-8-15(9-7-14)26-19(30)12-32-10-16-11-33-22(27-16)28-20(31)17-4-2-3-5-18(17)34-21(23)24/h2-9,11,21H,10,12H2,1H3,(H,25,29)(H,26,30)(H,27,28,31). The van der Waals surface area contributed by atoms with Gasteiger partial charge in [0.05, 0.1) is 17.0 Å². The number of benzene rings is 2. The lowest BCUT2D eigenvalue weighted by molar-refractivity contribution is -0.114. The van der Waals surface area contributed by atoms with Gasteiger partial charge in [-0.3, -0.25) is 19.7 Å². The molecule has 3 amide bonds. The van der Waals surface area contributed by atoms with Gasteiger partial charge in [-0.05, 0) is 36.4 Å². The number of hydrogen-bond acceptors (Lipinski definition) is 7. The summed E-state index contributed by atoms with van der Waals surface area (Å²) in [5, 5.41) is 10.2. The number of amides is 3. The number of alkyl halides is 2. The van der Waals surface area contributed by atoms with Crippen LogP contribution in [0.25, 0.3) is 0 Å². The molecule has 3 N–H and O–H groups in total. The predicted octanol–water partition coefficient (Wildman–Crippen LogP) is 5.54. The van der Waals surface area contributed by atoms with Crippen LogP contribution in [0, 0.1) is 0 Å². The number of anilines is 3. The van der Waals surface area contributed by atoms with Gasteiger partial charge in [0.2, 0.25) is 11.8 Å². The minimum Gasteiger partial charge on any atom is -0.326 e. The fourth-order valence-corrected chi connectivity index (χ4v) is 4.90. The number of carbonyl (C=O) groups is 3. The summed E-state index contributed by atoms with van der Waals surface area (Å²) >= 11 is 2.89. The predicted molar refractivity (Wildman–Crippen MR) is 134 cm³/mol. The van der Waals surface area contributed by atoms with Gasteiger partial charge in [0.25, 0.3) is 11.7 Å². The van der Waals surface area contributed by atoms with Gasteiger partial charge in [0.1, 0.15) is 0 Å². The van der Waals surface area contributed by atoms with Crippen LogP contribution >= 0.6 is 34.9 Å². The van der Waals surface area contributed by atoms with Crippen molar-refractivity contribution in [3.8, 4) is 0 Å². The first-order valence-corrected chi connectivity index (χ1v) is 12.8. The first-order valence-electron chi connectivity index (χ1n) is 9.85. The molecule has 0 aliphatic rings. The molecule has 0 spiro atoms. The minimum absolute atomic E-state index is 0.153. The number of hydrogen-bond donors (Lipinski definition) is 3. The lowest BCUT2D eigenvalue weighted by Crippen LogP contribution is -2.14. The van der Waals surface area contributed by atoms with E-state index in [1.54, 1.807) is 41.8 Å². The van der Waals surface area contributed by atoms with Crippen LogP contribution in [0.3, 0.4) is 0 Å². The van der Waals surface area contributed by atoms with Crippen LogP contribution < -0.4 is 16.0 Å². The molecule has 0 aliphatic carbocycles. The zero-order chi connectivity index (χ0) is 24.5. The van der Waals surface area contributed by atoms with Crippen molar-refractivity contribution in [2.75, 3.05) is 21.7 Å². The second kappa shape index (κ2) is 12.5. The SMILES string of the molecule is CC(=O)Nc1ccc(NC(=O)CSCc2csc(NC(=O)c3ccccc3SC(F)F)n2)cc1. The maximum absolute atomic E-state index is 12.7. The van der Waals surface area contributed by atoms with Crippen molar-refractivity contribution in [1.82, 2.24) is 4.98 Å². The highest BCUT2D eigenvalue weighted by Crippen LogP contribution is 2.29. The Labute approximate surface area is 207 Å². The first-order chi connectivity index (χ1) is 16.3. The van der Waals surface area contributed by atoms with E-state index in [-0.39, 0.29) is 28.0 Å². The summed E-state index contributed by atoms with van der Waals surface area (Å²) in [5.41, 5.74) is 2.10. The summed E-state index contributed by atoms with van der Waals surface area (Å²) in [7, 11) is 0. The van der Waals surface area contributed by atoms with Crippen molar-refractivity contribution < 1.29 is 23.2 Å². The summed E-state index contributed by atoms with van der Waals surface area (Å²) in [6, 6.07) is 12.9. The molecule has 0 bridgehead atoms. The van der Waals surface area contributed by atoms with Crippen molar-refractivity contribution >= 4 is 69.1 Å². The smallest absolute Gasteiger partial charge is 0.288 e. The average Bonchev–Trinajstić information content (AvgIpc) is 3.21. The second-order valence-corrected chi connectivity index (χ2v) is 9.65. The van der Waals surface area contributed by atoms with Crippen LogP contribution in [-0.4, -0.2) is 34.2 Å². The van der Waals surface area contributed by atoms with Gasteiger partial charge < -0.3 is 10.6 Å². The highest BCUT2D eigenvalue weighted by atomic mass is 32.2. The quantitative estimate of drug-likeness (QED) is 0.302. The molecule has 3 aromatic rings. The molecule has 0 aliphatic heterocycles. The van der Waals surface area contributed by atoms with E-state index >= 15 is 0 Å². The molecule has 0 atom stereocenters. The molecule has 34 heavy (non-hydrogen) atoms. The Morgan fingerprint density at radius 3 is 2.35 bits per heavy atom. The minimum atomic E-state index is -2.63. The summed E-state index contributed by atoms with van der Waals surface area (Å²) in [4.78, 5) is 40.2. The fourth-order valence-electron chi connectivity index (χ4n) is 2.73. The third-order valence-corrected chi connectivity index (χ3v) is 6.65. The number of aromatic nitrogens is 1. The molecule has 0 saturated carbocycles. The maximum atomic E-state index is 12.7. The Balaban J connectivity index is 1.46. The Hall–Kier alpha value is -2.96. The van der Waals surface area contributed by atoms with E-state index in [4.69, 9.17) is 0 Å². The molecule has 2 aromatic carbocycles. The normalized spacial score (nSPS) is 10.7. The Morgan fingerprint density at radius 1 is 1.00 bits per heavy atom. The third kappa shape index (κ3) is 8.12. The first kappa shape index (κ1) is 25.7. The van der Waals surface area contributed by atoms with Gasteiger partial charge in [-0.1, -0.05) is 23.9 Å². The Kier molecular flexibility index (Phi) is 9.42. The number of carbonyl (C=O) groups excluding carboxylic acids is 3. The Morgan fingerprint density at radius 2 is 1.68 bits per heavy atom. The second-order valence-electron chi connectivity index (χ2n) is 6.77. The van der Waals surface area contributed by atoms with E-state index in [1.807, 2.05) is 0 Å². The molecular weight excluding hydrogens is 502 g/mol. The molecule has 0 unspecified atom stereocenters. The van der Waals surface area contributed by atoms with Gasteiger partial charge in [-0.15, -0.1) is 23.1 Å². The number of nitrogens with one attached hydrogen (secondary N) is 3. The number of thioether (sulfide) groups is 2. The molecule has 0 saturated heterocycles. The summed E-state index contributed by atoms with van der Waals surface area (Å²) in [5.74, 6) is -2.84. The molecule has 7 nitrogen and oxygen atoms in total. The number of rotatable bonds is 10. The largest absolute Gasteiger partial charge is 0.326 e. The average molecular weight is 523 g/mol. The van der Waals surface area contributed by atoms with E-state index in [1.165, 1.54) is 42.2 Å². The molecule has 0 fully saturated rings. The molecular formula is C22H20F2N4O3S3. The van der Waals surface area contributed by atoms with Crippen LogP contribution in [0.1, 0.15) is 23.0 Å². The van der Waals surface area contributed by atoms with E-state index in [2.05, 4.69) is 20.9 Å². The van der Waals surface area contributed by atoms with Crippen molar-refractivity contribution in [3.05, 3.63) is 65.2 Å². The van der Waals surface area contributed by atoms with Crippen LogP contribution in [0.4, 0.5) is 25.3 Å². The fraction of sp³-hybridized carbons (Fsp3) is 0.182. The summed E-state index contributed by atoms with van der Waals surface area (Å²) in [6.07, 6.45) is 0. The summed E-state index contributed by atoms with van der Waals surface area (Å²) < 4.78 is 25.5. The number of nitrogens with zero attached hydrogens (tertiary/aromatic N) is 1. The van der Waals surface area contributed by atoms with Gasteiger partial charge in [0, 0.05) is 34.3 Å². The van der Waals surface area contributed by atoms with Gasteiger partial charge >= 0.3 is 0 Å². The topological polar surface area (TPSA) is 100 Å². The lowest BCUT2D eigenvalue weighted by Gasteiger charge is -2.07. The summed E-state index contributed by atoms with van der Waals surface area (Å²) in [6.45, 7) is 1.42. The van der Waals surface area contributed by atoms with E-state index in [0.717, 1.165) is 0 Å². The van der Waals surface area contributed by atoms with E-state index in [0.29, 0.717) is 39.7 Å². The van der Waals surface area contributed by atoms with Gasteiger partial charge in [-0.25, -0.2) is 4.98 Å². The monoisotopic (exact) mass is 522 g/mol. The molecule has 3 rings (SSSR count). The number of halogens is 2. The zero-order valence-corrected chi connectivity index (χ0v) is 20.3. The third-order valence-electron chi connectivity index (χ3n) is 4.09. The molecule has 1 aromatic heterocycles. The lowest BCUT2D eigenvalue weighted by atomic mass is 10.2. The van der Waals surface area contributed by atoms with Crippen molar-refractivity contribution in [2.45, 2.75) is 23.3 Å². The van der Waals surface area contributed by atoms with Crippen LogP contribution in [0.2, 0.25) is 0 Å². The number of thiazole rings is 1. The molecule has 0 radical (unpaired) electrons. The van der Waals surface area contributed by atoms with E-state index in [9.17, 15) is 23.2 Å². The van der Waals surface area contributed by atoms with Crippen LogP contribution in [-0.2, 0) is 15.3 Å². The zero-order valence-electron chi connectivity index (χ0n) is 17.8. The van der Waals surface area contributed by atoms with Gasteiger partial charge in [0.15, 0.2) is 5.13 Å². The highest BCUT2D eigenvalue weighted by Gasteiger charge is 2.16. The van der Waals surface area contributed by atoms with Crippen molar-refractivity contribution in [2.24, 2.45) is 0 Å². The molecule has 1 heterocycles. The van der Waals surface area contributed by atoms with Crippen molar-refractivity contribution in [1.29, 1.82) is 0 Å². The van der Waals surface area contributed by atoms with Crippen LogP contribution in [0.5, 0.6) is 0 Å². The van der Waals surface area contributed by atoms with Gasteiger partial charge in [-0.2, -0.15) is 8.78 Å². The van der Waals surface area contributed by atoms with E-state index < -0.39 is 11.7 Å². The van der Waals surface area contributed by atoms with Crippen LogP contribution in [0.15, 0.2) is 58.8 Å². The molecule has 12 heteroatoms. The van der Waals surface area contributed by atoms with Crippen molar-refractivity contribution in [3.63, 3.8) is 0 Å². The Bertz CT molecular complexity index is 1160. The maximum Gasteiger partial charge on any atom is 0.288 e.